The fourth-order valence-corrected chi connectivity index (χ4v) is 3.41. The highest BCUT2D eigenvalue weighted by molar-refractivity contribution is 5.99. The summed E-state index contributed by atoms with van der Waals surface area (Å²) in [7, 11) is 0. The van der Waals surface area contributed by atoms with Gasteiger partial charge in [0.25, 0.3) is 11.6 Å². The van der Waals surface area contributed by atoms with E-state index in [4.69, 9.17) is 0 Å². The average Bonchev–Trinajstić information content (AvgIpc) is 2.68. The molecule has 1 fully saturated rings. The fourth-order valence-electron chi connectivity index (χ4n) is 3.41. The lowest BCUT2D eigenvalue weighted by molar-refractivity contribution is -0.312. The SMILES string of the molecule is Cc1ccc(C(=O)N2N=C3CCCCC[C@@H]3[C@@]2(O)C(F)(F)F)cc1. The Labute approximate surface area is 138 Å². The van der Waals surface area contributed by atoms with Crippen LogP contribution < -0.4 is 0 Å². The van der Waals surface area contributed by atoms with Crippen LogP contribution in [0.3, 0.4) is 0 Å². The number of benzene rings is 1. The van der Waals surface area contributed by atoms with E-state index in [9.17, 15) is 23.1 Å². The van der Waals surface area contributed by atoms with Crippen LogP contribution in [0.25, 0.3) is 0 Å². The molecule has 1 amide bonds. The Hall–Kier alpha value is -1.89. The van der Waals surface area contributed by atoms with Gasteiger partial charge in [0.15, 0.2) is 0 Å². The van der Waals surface area contributed by atoms with Crippen molar-refractivity contribution < 1.29 is 23.1 Å². The summed E-state index contributed by atoms with van der Waals surface area (Å²) in [6, 6.07) is 6.17. The molecule has 1 aromatic rings. The minimum Gasteiger partial charge on any atom is -0.362 e. The third kappa shape index (κ3) is 2.60. The van der Waals surface area contributed by atoms with Crippen molar-refractivity contribution in [1.82, 2.24) is 5.01 Å². The number of alkyl halides is 3. The maximum atomic E-state index is 13.7. The van der Waals surface area contributed by atoms with E-state index in [0.717, 1.165) is 18.4 Å². The van der Waals surface area contributed by atoms with E-state index in [2.05, 4.69) is 5.10 Å². The smallest absolute Gasteiger partial charge is 0.362 e. The van der Waals surface area contributed by atoms with Crippen molar-refractivity contribution in [1.29, 1.82) is 0 Å². The summed E-state index contributed by atoms with van der Waals surface area (Å²) >= 11 is 0. The Bertz CT molecular complexity index is 669. The lowest BCUT2D eigenvalue weighted by Crippen LogP contribution is -2.61. The number of carbonyl (C=O) groups is 1. The zero-order valence-corrected chi connectivity index (χ0v) is 13.3. The van der Waals surface area contributed by atoms with Crippen LogP contribution in [0.2, 0.25) is 0 Å². The topological polar surface area (TPSA) is 52.9 Å². The van der Waals surface area contributed by atoms with E-state index >= 15 is 0 Å². The summed E-state index contributed by atoms with van der Waals surface area (Å²) in [6.45, 7) is 1.81. The van der Waals surface area contributed by atoms with Crippen LogP contribution in [-0.2, 0) is 0 Å². The summed E-state index contributed by atoms with van der Waals surface area (Å²) in [4.78, 5) is 12.6. The predicted molar refractivity (Wildman–Crippen MR) is 82.4 cm³/mol. The zero-order chi connectivity index (χ0) is 17.5. The predicted octanol–water partition coefficient (Wildman–Crippen LogP) is 3.64. The number of rotatable bonds is 1. The second-order valence-electron chi connectivity index (χ2n) is 6.45. The van der Waals surface area contributed by atoms with E-state index in [1.165, 1.54) is 12.1 Å². The Kier molecular flexibility index (Phi) is 4.15. The van der Waals surface area contributed by atoms with Crippen LogP contribution in [0.1, 0.15) is 48.0 Å². The molecule has 0 spiro atoms. The van der Waals surface area contributed by atoms with Crippen molar-refractivity contribution in [3.63, 3.8) is 0 Å². The van der Waals surface area contributed by atoms with Crippen LogP contribution >= 0.6 is 0 Å². The molecular formula is C17H19F3N2O2. The number of amides is 1. The highest BCUT2D eigenvalue weighted by Gasteiger charge is 2.68. The van der Waals surface area contributed by atoms with E-state index < -0.39 is 23.7 Å². The van der Waals surface area contributed by atoms with E-state index in [1.807, 2.05) is 6.92 Å². The van der Waals surface area contributed by atoms with Crippen LogP contribution in [0.5, 0.6) is 0 Å². The van der Waals surface area contributed by atoms with Gasteiger partial charge in [-0.1, -0.05) is 30.5 Å². The second-order valence-corrected chi connectivity index (χ2v) is 6.45. The molecule has 7 heteroatoms. The minimum atomic E-state index is -4.98. The number of hydrogen-bond donors (Lipinski definition) is 1. The van der Waals surface area contributed by atoms with Crippen molar-refractivity contribution >= 4 is 11.6 Å². The first-order valence-corrected chi connectivity index (χ1v) is 8.03. The average molecular weight is 340 g/mol. The number of hydrazone groups is 1. The molecule has 1 aromatic carbocycles. The van der Waals surface area contributed by atoms with Gasteiger partial charge in [0, 0.05) is 11.3 Å². The number of nitrogens with zero attached hydrogens (tertiary/aromatic N) is 2. The van der Waals surface area contributed by atoms with Crippen molar-refractivity contribution in [3.05, 3.63) is 35.4 Å². The molecule has 4 nitrogen and oxygen atoms in total. The van der Waals surface area contributed by atoms with Gasteiger partial charge < -0.3 is 5.11 Å². The molecular weight excluding hydrogens is 321 g/mol. The Morgan fingerprint density at radius 1 is 1.25 bits per heavy atom. The summed E-state index contributed by atoms with van der Waals surface area (Å²) in [5, 5.41) is 14.7. The van der Waals surface area contributed by atoms with Gasteiger partial charge in [-0.15, -0.1) is 0 Å². The molecule has 1 heterocycles. The molecule has 0 bridgehead atoms. The second kappa shape index (κ2) is 5.88. The van der Waals surface area contributed by atoms with Gasteiger partial charge in [-0.2, -0.15) is 23.3 Å². The van der Waals surface area contributed by atoms with Gasteiger partial charge in [0.1, 0.15) is 0 Å². The summed E-state index contributed by atoms with van der Waals surface area (Å²) < 4.78 is 41.2. The maximum Gasteiger partial charge on any atom is 0.439 e. The van der Waals surface area contributed by atoms with Crippen LogP contribution in [0, 0.1) is 12.8 Å². The molecule has 0 saturated heterocycles. The number of halogens is 3. The molecule has 2 atom stereocenters. The lowest BCUT2D eigenvalue weighted by atomic mass is 9.87. The Morgan fingerprint density at radius 2 is 1.92 bits per heavy atom. The van der Waals surface area contributed by atoms with Crippen molar-refractivity contribution in [3.8, 4) is 0 Å². The van der Waals surface area contributed by atoms with E-state index in [1.54, 1.807) is 12.1 Å². The molecule has 2 aliphatic rings. The molecule has 0 radical (unpaired) electrons. The largest absolute Gasteiger partial charge is 0.439 e. The number of hydrogen-bond acceptors (Lipinski definition) is 3. The van der Waals surface area contributed by atoms with Gasteiger partial charge in [-0.05, 0) is 38.3 Å². The lowest BCUT2D eigenvalue weighted by Gasteiger charge is -2.37. The summed E-state index contributed by atoms with van der Waals surface area (Å²) in [5.74, 6) is -2.12. The first-order valence-electron chi connectivity index (χ1n) is 8.03. The number of carbonyl (C=O) groups excluding carboxylic acids is 1. The van der Waals surface area contributed by atoms with Gasteiger partial charge >= 0.3 is 6.18 Å². The van der Waals surface area contributed by atoms with Crippen molar-refractivity contribution in [2.24, 2.45) is 11.0 Å². The third-order valence-electron chi connectivity index (χ3n) is 4.77. The van der Waals surface area contributed by atoms with Crippen LogP contribution in [0.15, 0.2) is 29.4 Å². The molecule has 1 aliphatic heterocycles. The zero-order valence-electron chi connectivity index (χ0n) is 13.3. The molecule has 3 rings (SSSR count). The first kappa shape index (κ1) is 17.0. The Balaban J connectivity index is 2.03. The highest BCUT2D eigenvalue weighted by Crippen LogP contribution is 2.47. The molecule has 0 aromatic heterocycles. The molecule has 1 saturated carbocycles. The minimum absolute atomic E-state index is 0.0732. The molecule has 24 heavy (non-hydrogen) atoms. The van der Waals surface area contributed by atoms with Crippen molar-refractivity contribution in [2.45, 2.75) is 50.9 Å². The van der Waals surface area contributed by atoms with E-state index in [0.29, 0.717) is 12.8 Å². The van der Waals surface area contributed by atoms with E-state index in [-0.39, 0.29) is 22.7 Å². The van der Waals surface area contributed by atoms with Gasteiger partial charge in [0.05, 0.1) is 5.92 Å². The van der Waals surface area contributed by atoms with Crippen molar-refractivity contribution in [2.75, 3.05) is 0 Å². The number of fused-ring (bicyclic) bond motifs is 1. The number of aliphatic hydroxyl groups is 1. The molecule has 1 N–H and O–H groups in total. The highest BCUT2D eigenvalue weighted by atomic mass is 19.4. The summed E-state index contributed by atoms with van der Waals surface area (Å²) in [5.41, 5.74) is -2.04. The van der Waals surface area contributed by atoms with Crippen LogP contribution in [0.4, 0.5) is 13.2 Å². The molecule has 1 aliphatic carbocycles. The van der Waals surface area contributed by atoms with Gasteiger partial charge in [-0.25, -0.2) is 0 Å². The quantitative estimate of drug-likeness (QED) is 0.849. The van der Waals surface area contributed by atoms with Crippen LogP contribution in [-0.4, -0.2) is 33.6 Å². The van der Waals surface area contributed by atoms with Gasteiger partial charge in [0.2, 0.25) is 0 Å². The standard InChI is InChI=1S/C17H19F3N2O2/c1-11-7-9-12(10-8-11)15(23)22-16(24,17(18,19)20)13-5-3-2-4-6-14(13)21-22/h7-10,13,24H,2-6H2,1H3/t13-,16+/m0/s1. The third-order valence-corrected chi connectivity index (χ3v) is 4.77. The molecule has 130 valence electrons. The number of aryl methyl sites for hydroxylation is 1. The maximum absolute atomic E-state index is 13.7. The monoisotopic (exact) mass is 340 g/mol. The molecule has 0 unspecified atom stereocenters. The van der Waals surface area contributed by atoms with Gasteiger partial charge in [-0.3, -0.25) is 4.79 Å². The summed E-state index contributed by atoms with van der Waals surface area (Å²) in [6.07, 6.45) is -2.33. The normalized spacial score (nSPS) is 27.5. The Morgan fingerprint density at radius 3 is 2.54 bits per heavy atom. The fraction of sp³-hybridized carbons (Fsp3) is 0.529. The first-order chi connectivity index (χ1) is 11.2.